The minimum atomic E-state index is 0.367. The summed E-state index contributed by atoms with van der Waals surface area (Å²) in [6, 6.07) is 6.70. The van der Waals surface area contributed by atoms with E-state index in [0.717, 1.165) is 18.8 Å². The van der Waals surface area contributed by atoms with Crippen LogP contribution in [0.15, 0.2) is 18.3 Å². The fourth-order valence-corrected chi connectivity index (χ4v) is 1.19. The topological polar surface area (TPSA) is 28.2 Å². The van der Waals surface area contributed by atoms with Gasteiger partial charge in [0.1, 0.15) is 5.82 Å². The average molecular weight is 206 g/mol. The van der Waals surface area contributed by atoms with Crippen LogP contribution in [-0.2, 0) is 0 Å². The van der Waals surface area contributed by atoms with E-state index in [1.54, 1.807) is 6.20 Å². The quantitative estimate of drug-likeness (QED) is 0.766. The molecule has 0 saturated carbocycles. The molecule has 0 atom stereocenters. The first-order valence-corrected chi connectivity index (χ1v) is 5.28. The molecule has 0 bridgehead atoms. The molecule has 83 valence electrons. The van der Waals surface area contributed by atoms with Gasteiger partial charge in [-0.2, -0.15) is 0 Å². The van der Waals surface area contributed by atoms with Gasteiger partial charge in [0.25, 0.3) is 0 Å². The molecule has 1 N–H and O–H groups in total. The van der Waals surface area contributed by atoms with Gasteiger partial charge in [-0.25, -0.2) is 10.4 Å². The smallest absolute Gasteiger partial charge is 0.142 e. The molecular weight excluding hydrogens is 186 g/mol. The average Bonchev–Trinajstić information content (AvgIpc) is 2.17. The minimum Gasteiger partial charge on any atom is -0.295 e. The van der Waals surface area contributed by atoms with Crippen LogP contribution in [0, 0.1) is 11.5 Å². The van der Waals surface area contributed by atoms with Crippen molar-refractivity contribution in [3.05, 3.63) is 24.4 Å². The number of hydrazine groups is 1. The Balaban J connectivity index is 2.34. The highest BCUT2D eigenvalue weighted by molar-refractivity contribution is 5.34. The highest BCUT2D eigenvalue weighted by Crippen LogP contribution is 2.17. The lowest BCUT2D eigenvalue weighted by molar-refractivity contribution is 0.366. The van der Waals surface area contributed by atoms with Crippen LogP contribution in [0.3, 0.4) is 0 Å². The van der Waals surface area contributed by atoms with E-state index >= 15 is 0 Å². The van der Waals surface area contributed by atoms with Crippen molar-refractivity contribution in [2.45, 2.75) is 27.2 Å². The predicted molar refractivity (Wildman–Crippen MR) is 63.6 cm³/mol. The minimum absolute atomic E-state index is 0.367. The first-order chi connectivity index (χ1) is 6.99. The van der Waals surface area contributed by atoms with Crippen molar-refractivity contribution >= 4 is 5.82 Å². The number of nitrogens with one attached hydrogen (secondary N) is 1. The Morgan fingerprint density at radius 1 is 1.47 bits per heavy atom. The molecule has 0 aliphatic heterocycles. The molecule has 1 aromatic heterocycles. The Bertz CT molecular complexity index is 277. The monoisotopic (exact) mass is 206 g/mol. The van der Waals surface area contributed by atoms with Crippen LogP contribution in [-0.4, -0.2) is 18.6 Å². The van der Waals surface area contributed by atoms with Crippen LogP contribution in [0.5, 0.6) is 0 Å². The Morgan fingerprint density at radius 2 is 2.20 bits per heavy atom. The second-order valence-electron chi connectivity index (χ2n) is 4.89. The summed E-state index contributed by atoms with van der Waals surface area (Å²) in [5, 5.41) is 1.94. The van der Waals surface area contributed by atoms with E-state index in [1.807, 2.05) is 24.2 Å². The molecular formula is C12H20N3. The maximum absolute atomic E-state index is 4.20. The molecule has 0 saturated heterocycles. The zero-order valence-corrected chi connectivity index (χ0v) is 10.0. The van der Waals surface area contributed by atoms with Gasteiger partial charge in [0.2, 0.25) is 0 Å². The molecule has 0 aliphatic carbocycles. The van der Waals surface area contributed by atoms with Crippen LogP contribution in [0.25, 0.3) is 0 Å². The molecule has 1 heterocycles. The van der Waals surface area contributed by atoms with Crippen LogP contribution < -0.4 is 10.4 Å². The van der Waals surface area contributed by atoms with Gasteiger partial charge in [-0.3, -0.25) is 5.01 Å². The number of rotatable bonds is 4. The lowest BCUT2D eigenvalue weighted by Crippen LogP contribution is -2.36. The fraction of sp³-hybridized carbons (Fsp3) is 0.583. The van der Waals surface area contributed by atoms with Crippen molar-refractivity contribution in [3.8, 4) is 0 Å². The number of hydrogen-bond acceptors (Lipinski definition) is 3. The number of hydrogen-bond donors (Lipinski definition) is 1. The van der Waals surface area contributed by atoms with E-state index in [0.29, 0.717) is 5.41 Å². The molecule has 0 spiro atoms. The molecule has 15 heavy (non-hydrogen) atoms. The van der Waals surface area contributed by atoms with Crippen LogP contribution >= 0.6 is 0 Å². The van der Waals surface area contributed by atoms with E-state index in [2.05, 4.69) is 37.2 Å². The van der Waals surface area contributed by atoms with Gasteiger partial charge in [-0.1, -0.05) is 20.8 Å². The maximum atomic E-state index is 4.20. The molecule has 0 fully saturated rings. The van der Waals surface area contributed by atoms with Crippen LogP contribution in [0.1, 0.15) is 27.2 Å². The van der Waals surface area contributed by atoms with Crippen LogP contribution in [0.2, 0.25) is 0 Å². The highest BCUT2D eigenvalue weighted by Gasteiger charge is 2.09. The van der Waals surface area contributed by atoms with Gasteiger partial charge in [0.15, 0.2) is 0 Å². The maximum Gasteiger partial charge on any atom is 0.142 e. The van der Waals surface area contributed by atoms with E-state index in [-0.39, 0.29) is 0 Å². The number of aromatic nitrogens is 1. The van der Waals surface area contributed by atoms with Gasteiger partial charge in [0.05, 0.1) is 0 Å². The summed E-state index contributed by atoms with van der Waals surface area (Å²) < 4.78 is 0. The molecule has 0 aliphatic rings. The Labute approximate surface area is 92.5 Å². The zero-order chi connectivity index (χ0) is 11.3. The van der Waals surface area contributed by atoms with Gasteiger partial charge in [-0.15, -0.1) is 0 Å². The third-order valence-electron chi connectivity index (χ3n) is 2.17. The molecule has 0 aromatic carbocycles. The SMILES string of the molecule is CN(NCCC(C)(C)C)c1cc[c]cn1. The lowest BCUT2D eigenvalue weighted by atomic mass is 9.93. The van der Waals surface area contributed by atoms with Crippen molar-refractivity contribution < 1.29 is 0 Å². The summed E-state index contributed by atoms with van der Waals surface area (Å²) in [6.07, 6.45) is 2.81. The zero-order valence-electron chi connectivity index (χ0n) is 10.0. The van der Waals surface area contributed by atoms with Crippen LogP contribution in [0.4, 0.5) is 5.82 Å². The van der Waals surface area contributed by atoms with Gasteiger partial charge >= 0.3 is 0 Å². The highest BCUT2D eigenvalue weighted by atomic mass is 15.5. The first kappa shape index (κ1) is 12.0. The Hall–Kier alpha value is -1.09. The molecule has 3 nitrogen and oxygen atoms in total. The van der Waals surface area contributed by atoms with Crippen molar-refractivity contribution in [2.75, 3.05) is 18.6 Å². The summed E-state index contributed by atoms with van der Waals surface area (Å²) in [6.45, 7) is 7.68. The van der Waals surface area contributed by atoms with Crippen molar-refractivity contribution in [2.24, 2.45) is 5.41 Å². The first-order valence-electron chi connectivity index (χ1n) is 5.28. The second-order valence-corrected chi connectivity index (χ2v) is 4.89. The van der Waals surface area contributed by atoms with Crippen molar-refractivity contribution in [1.82, 2.24) is 10.4 Å². The van der Waals surface area contributed by atoms with Gasteiger partial charge in [-0.05, 0) is 24.0 Å². The fourth-order valence-electron chi connectivity index (χ4n) is 1.19. The van der Waals surface area contributed by atoms with Crippen molar-refractivity contribution in [1.29, 1.82) is 0 Å². The summed E-state index contributed by atoms with van der Waals surface area (Å²) in [7, 11) is 1.98. The molecule has 3 heteroatoms. The summed E-state index contributed by atoms with van der Waals surface area (Å²) in [4.78, 5) is 4.20. The second kappa shape index (κ2) is 5.12. The van der Waals surface area contributed by atoms with E-state index < -0.39 is 0 Å². The largest absolute Gasteiger partial charge is 0.295 e. The third kappa shape index (κ3) is 4.79. The Morgan fingerprint density at radius 3 is 2.73 bits per heavy atom. The number of pyridine rings is 1. The van der Waals surface area contributed by atoms with Gasteiger partial charge in [0, 0.05) is 25.9 Å². The Kier molecular flexibility index (Phi) is 4.09. The predicted octanol–water partition coefficient (Wildman–Crippen LogP) is 2.26. The molecule has 1 radical (unpaired) electrons. The molecule has 0 amide bonds. The van der Waals surface area contributed by atoms with E-state index in [9.17, 15) is 0 Å². The normalized spacial score (nSPS) is 11.5. The lowest BCUT2D eigenvalue weighted by Gasteiger charge is -2.23. The standard InChI is InChI=1S/C12H20N3/c1-12(2,3)8-10-14-15(4)11-7-5-6-9-13-11/h5,7,9,14H,8,10H2,1-4H3. The number of nitrogens with zero attached hydrogens (tertiary/aromatic N) is 2. The van der Waals surface area contributed by atoms with E-state index in [4.69, 9.17) is 0 Å². The summed E-state index contributed by atoms with van der Waals surface area (Å²) >= 11 is 0. The number of anilines is 1. The molecule has 0 unspecified atom stereocenters. The summed E-state index contributed by atoms with van der Waals surface area (Å²) in [5.41, 5.74) is 3.68. The van der Waals surface area contributed by atoms with Gasteiger partial charge < -0.3 is 0 Å². The molecule has 1 aromatic rings. The van der Waals surface area contributed by atoms with Crippen molar-refractivity contribution in [3.63, 3.8) is 0 Å². The third-order valence-corrected chi connectivity index (χ3v) is 2.17. The summed E-state index contributed by atoms with van der Waals surface area (Å²) in [5.74, 6) is 0.919. The van der Waals surface area contributed by atoms with E-state index in [1.165, 1.54) is 0 Å². The molecule has 1 rings (SSSR count).